The number of carbonyl (C=O) groups excluding carboxylic acids is 1. The molecule has 1 N–H and O–H groups in total. The highest BCUT2D eigenvalue weighted by Crippen LogP contribution is 2.24. The Morgan fingerprint density at radius 1 is 1.06 bits per heavy atom. The Bertz CT molecular complexity index is 1320. The Labute approximate surface area is 179 Å². The maximum absolute atomic E-state index is 14.6. The lowest BCUT2D eigenvalue weighted by atomic mass is 9.95. The van der Waals surface area contributed by atoms with Gasteiger partial charge in [0, 0.05) is 0 Å². The molecule has 0 radical (unpaired) electrons. The molecule has 31 heavy (non-hydrogen) atoms. The SMILES string of the molecule is CC[C@H](C(=O)Nc1cc(-n2c(C)nc3ccccc3c2=O)ccc1F)c1ccccc1. The summed E-state index contributed by atoms with van der Waals surface area (Å²) in [7, 11) is 0. The quantitative estimate of drug-likeness (QED) is 0.501. The van der Waals surface area contributed by atoms with Gasteiger partial charge >= 0.3 is 0 Å². The highest BCUT2D eigenvalue weighted by Gasteiger charge is 2.20. The van der Waals surface area contributed by atoms with Crippen LogP contribution >= 0.6 is 0 Å². The summed E-state index contributed by atoms with van der Waals surface area (Å²) in [6.07, 6.45) is 0.574. The summed E-state index contributed by atoms with van der Waals surface area (Å²) in [6, 6.07) is 20.7. The van der Waals surface area contributed by atoms with Gasteiger partial charge in [0.1, 0.15) is 11.6 Å². The van der Waals surface area contributed by atoms with E-state index in [0.717, 1.165) is 5.56 Å². The number of aryl methyl sites for hydroxylation is 1. The van der Waals surface area contributed by atoms with E-state index in [4.69, 9.17) is 0 Å². The van der Waals surface area contributed by atoms with Crippen molar-refractivity contribution in [1.82, 2.24) is 9.55 Å². The first kappa shape index (κ1) is 20.5. The number of nitrogens with zero attached hydrogens (tertiary/aromatic N) is 2. The first-order valence-electron chi connectivity index (χ1n) is 10.1. The summed E-state index contributed by atoms with van der Waals surface area (Å²) >= 11 is 0. The Balaban J connectivity index is 1.72. The summed E-state index contributed by atoms with van der Waals surface area (Å²) in [5.41, 5.74) is 1.68. The number of hydrogen-bond acceptors (Lipinski definition) is 3. The summed E-state index contributed by atoms with van der Waals surface area (Å²) in [5.74, 6) is -0.802. The van der Waals surface area contributed by atoms with Gasteiger partial charge in [-0.3, -0.25) is 14.2 Å². The van der Waals surface area contributed by atoms with Gasteiger partial charge in [-0.25, -0.2) is 9.37 Å². The number of benzene rings is 3. The standard InChI is InChI=1S/C25H22FN3O2/c1-3-19(17-9-5-4-6-10-17)24(30)28-23-15-18(13-14-21(23)26)29-16(2)27-22-12-8-7-11-20(22)25(29)31/h4-15,19H,3H2,1-2H3,(H,28,30)/t19-/m0/s1. The summed E-state index contributed by atoms with van der Waals surface area (Å²) in [6.45, 7) is 3.63. The lowest BCUT2D eigenvalue weighted by Crippen LogP contribution is -2.24. The van der Waals surface area contributed by atoms with Crippen molar-refractivity contribution in [2.45, 2.75) is 26.2 Å². The molecule has 6 heteroatoms. The molecule has 0 spiro atoms. The smallest absolute Gasteiger partial charge is 0.265 e. The summed E-state index contributed by atoms with van der Waals surface area (Å²) in [4.78, 5) is 30.4. The lowest BCUT2D eigenvalue weighted by Gasteiger charge is -2.17. The van der Waals surface area contributed by atoms with Crippen LogP contribution in [0.1, 0.15) is 30.7 Å². The van der Waals surface area contributed by atoms with Crippen LogP contribution in [-0.4, -0.2) is 15.5 Å². The minimum atomic E-state index is -0.570. The number of amides is 1. The second kappa shape index (κ2) is 8.52. The zero-order chi connectivity index (χ0) is 22.0. The van der Waals surface area contributed by atoms with Crippen LogP contribution in [-0.2, 0) is 4.79 Å². The monoisotopic (exact) mass is 415 g/mol. The fraction of sp³-hybridized carbons (Fsp3) is 0.160. The average molecular weight is 415 g/mol. The van der Waals surface area contributed by atoms with Gasteiger partial charge in [-0.05, 0) is 49.2 Å². The maximum atomic E-state index is 14.6. The third-order valence-corrected chi connectivity index (χ3v) is 5.34. The molecular weight excluding hydrogens is 393 g/mol. The van der Waals surface area contributed by atoms with E-state index in [0.29, 0.717) is 28.8 Å². The largest absolute Gasteiger partial charge is 0.323 e. The van der Waals surface area contributed by atoms with Crippen LogP contribution in [0.5, 0.6) is 0 Å². The number of rotatable bonds is 5. The molecule has 0 saturated heterocycles. The summed E-state index contributed by atoms with van der Waals surface area (Å²) < 4.78 is 16.0. The van der Waals surface area contributed by atoms with Crippen molar-refractivity contribution in [2.24, 2.45) is 0 Å². The molecule has 1 aromatic heterocycles. The van der Waals surface area contributed by atoms with Crippen molar-refractivity contribution in [3.63, 3.8) is 0 Å². The van der Waals surface area contributed by atoms with E-state index in [2.05, 4.69) is 10.3 Å². The van der Waals surface area contributed by atoms with Crippen LogP contribution in [0, 0.1) is 12.7 Å². The minimum absolute atomic E-state index is 0.0244. The zero-order valence-electron chi connectivity index (χ0n) is 17.3. The number of carbonyl (C=O) groups is 1. The number of hydrogen-bond donors (Lipinski definition) is 1. The van der Waals surface area contributed by atoms with Gasteiger partial charge in [0.05, 0.1) is 28.2 Å². The van der Waals surface area contributed by atoms with E-state index < -0.39 is 11.7 Å². The number of fused-ring (bicyclic) bond motifs is 1. The number of halogens is 1. The van der Waals surface area contributed by atoms with Crippen LogP contribution in [0.3, 0.4) is 0 Å². The van der Waals surface area contributed by atoms with Crippen molar-refractivity contribution >= 4 is 22.5 Å². The summed E-state index contributed by atoms with van der Waals surface area (Å²) in [5, 5.41) is 3.17. The van der Waals surface area contributed by atoms with E-state index in [1.54, 1.807) is 25.1 Å². The van der Waals surface area contributed by atoms with Crippen molar-refractivity contribution < 1.29 is 9.18 Å². The van der Waals surface area contributed by atoms with Crippen LogP contribution in [0.4, 0.5) is 10.1 Å². The van der Waals surface area contributed by atoms with E-state index in [1.807, 2.05) is 43.3 Å². The van der Waals surface area contributed by atoms with Crippen molar-refractivity contribution in [3.8, 4) is 5.69 Å². The molecule has 0 unspecified atom stereocenters. The molecule has 0 bridgehead atoms. The minimum Gasteiger partial charge on any atom is -0.323 e. The number of anilines is 1. The van der Waals surface area contributed by atoms with E-state index in [1.165, 1.54) is 22.8 Å². The van der Waals surface area contributed by atoms with Gasteiger partial charge in [0.15, 0.2) is 0 Å². The van der Waals surface area contributed by atoms with Gasteiger partial charge in [-0.2, -0.15) is 0 Å². The van der Waals surface area contributed by atoms with Crippen LogP contribution in [0.2, 0.25) is 0 Å². The third-order valence-electron chi connectivity index (χ3n) is 5.34. The Hall–Kier alpha value is -3.80. The van der Waals surface area contributed by atoms with Crippen molar-refractivity contribution in [3.05, 3.63) is 100 Å². The molecular formula is C25H22FN3O2. The molecule has 0 aliphatic heterocycles. The van der Waals surface area contributed by atoms with Gasteiger partial charge in [0.25, 0.3) is 5.56 Å². The molecule has 156 valence electrons. The predicted molar refractivity (Wildman–Crippen MR) is 120 cm³/mol. The van der Waals surface area contributed by atoms with Gasteiger partial charge in [0.2, 0.25) is 5.91 Å². The fourth-order valence-corrected chi connectivity index (χ4v) is 3.77. The number of para-hydroxylation sites is 1. The van der Waals surface area contributed by atoms with E-state index in [-0.39, 0.29) is 17.2 Å². The van der Waals surface area contributed by atoms with Crippen molar-refractivity contribution in [1.29, 1.82) is 0 Å². The molecule has 4 aromatic rings. The molecule has 1 atom stereocenters. The zero-order valence-corrected chi connectivity index (χ0v) is 17.3. The first-order chi connectivity index (χ1) is 15.0. The molecule has 0 fully saturated rings. The molecule has 0 saturated carbocycles. The maximum Gasteiger partial charge on any atom is 0.265 e. The fourth-order valence-electron chi connectivity index (χ4n) is 3.77. The number of aromatic nitrogens is 2. The van der Waals surface area contributed by atoms with Crippen LogP contribution < -0.4 is 10.9 Å². The Morgan fingerprint density at radius 2 is 1.77 bits per heavy atom. The third kappa shape index (κ3) is 3.97. The topological polar surface area (TPSA) is 64.0 Å². The normalized spacial score (nSPS) is 12.0. The highest BCUT2D eigenvalue weighted by molar-refractivity contribution is 5.96. The molecule has 1 heterocycles. The number of nitrogens with one attached hydrogen (secondary N) is 1. The second-order valence-corrected chi connectivity index (χ2v) is 7.34. The lowest BCUT2D eigenvalue weighted by molar-refractivity contribution is -0.117. The Kier molecular flexibility index (Phi) is 5.62. The van der Waals surface area contributed by atoms with Crippen LogP contribution in [0.25, 0.3) is 16.6 Å². The van der Waals surface area contributed by atoms with Crippen LogP contribution in [0.15, 0.2) is 77.6 Å². The molecule has 1 amide bonds. The van der Waals surface area contributed by atoms with Crippen molar-refractivity contribution in [2.75, 3.05) is 5.32 Å². The van der Waals surface area contributed by atoms with Gasteiger partial charge < -0.3 is 5.32 Å². The van der Waals surface area contributed by atoms with E-state index in [9.17, 15) is 14.0 Å². The molecule has 5 nitrogen and oxygen atoms in total. The van der Waals surface area contributed by atoms with Gasteiger partial charge in [-0.1, -0.05) is 49.4 Å². The molecule has 3 aromatic carbocycles. The first-order valence-corrected chi connectivity index (χ1v) is 10.1. The second-order valence-electron chi connectivity index (χ2n) is 7.34. The molecule has 4 rings (SSSR count). The van der Waals surface area contributed by atoms with Gasteiger partial charge in [-0.15, -0.1) is 0 Å². The average Bonchev–Trinajstić information content (AvgIpc) is 2.77. The molecule has 0 aliphatic carbocycles. The Morgan fingerprint density at radius 3 is 2.52 bits per heavy atom. The molecule has 0 aliphatic rings. The van der Waals surface area contributed by atoms with E-state index >= 15 is 0 Å². The predicted octanol–water partition coefficient (Wildman–Crippen LogP) is 4.97. The highest BCUT2D eigenvalue weighted by atomic mass is 19.1.